The van der Waals surface area contributed by atoms with Gasteiger partial charge < -0.3 is 15.4 Å². The van der Waals surface area contributed by atoms with Gasteiger partial charge in [0.05, 0.1) is 5.69 Å². The zero-order valence-electron chi connectivity index (χ0n) is 10.8. The minimum Gasteiger partial charge on any atom is -0.490 e. The second kappa shape index (κ2) is 6.72. The number of nitrogens with zero attached hydrogens (tertiary/aromatic N) is 1. The van der Waals surface area contributed by atoms with Gasteiger partial charge in [0.2, 0.25) is 0 Å². The van der Waals surface area contributed by atoms with Crippen molar-refractivity contribution in [2.75, 3.05) is 32.0 Å². The number of ether oxygens (including phenoxy) is 1. The molecule has 4 heteroatoms. The third-order valence-electron chi connectivity index (χ3n) is 2.85. The topological polar surface area (TPSA) is 38.5 Å². The third-order valence-corrected chi connectivity index (χ3v) is 3.26. The fourth-order valence-corrected chi connectivity index (χ4v) is 1.79. The zero-order chi connectivity index (χ0) is 12.8. The SMILES string of the molecule is CCN(CC)CCOc1cc(Cl)c(C)cc1N. The van der Waals surface area contributed by atoms with Gasteiger partial charge in [-0.3, -0.25) is 0 Å². The van der Waals surface area contributed by atoms with Gasteiger partial charge in [-0.15, -0.1) is 0 Å². The molecule has 17 heavy (non-hydrogen) atoms. The Balaban J connectivity index is 2.55. The molecular weight excluding hydrogens is 236 g/mol. The van der Waals surface area contributed by atoms with Crippen molar-refractivity contribution < 1.29 is 4.74 Å². The van der Waals surface area contributed by atoms with Crippen LogP contribution in [0.25, 0.3) is 0 Å². The van der Waals surface area contributed by atoms with Gasteiger partial charge in [0.25, 0.3) is 0 Å². The van der Waals surface area contributed by atoms with Crippen molar-refractivity contribution in [3.8, 4) is 5.75 Å². The van der Waals surface area contributed by atoms with Crippen LogP contribution in [0, 0.1) is 6.92 Å². The Bertz CT molecular complexity index is 365. The Labute approximate surface area is 109 Å². The molecule has 0 bridgehead atoms. The van der Waals surface area contributed by atoms with Crippen molar-refractivity contribution in [2.24, 2.45) is 0 Å². The van der Waals surface area contributed by atoms with Crippen LogP contribution in [0.3, 0.4) is 0 Å². The van der Waals surface area contributed by atoms with E-state index in [4.69, 9.17) is 22.1 Å². The normalized spacial score (nSPS) is 10.9. The Morgan fingerprint density at radius 3 is 2.53 bits per heavy atom. The van der Waals surface area contributed by atoms with E-state index in [2.05, 4.69) is 18.7 Å². The summed E-state index contributed by atoms with van der Waals surface area (Å²) in [6.45, 7) is 9.80. The van der Waals surface area contributed by atoms with Crippen molar-refractivity contribution in [1.82, 2.24) is 4.90 Å². The van der Waals surface area contributed by atoms with E-state index in [1.165, 1.54) is 0 Å². The molecule has 0 atom stereocenters. The van der Waals surface area contributed by atoms with Crippen molar-refractivity contribution >= 4 is 17.3 Å². The molecule has 0 fully saturated rings. The Morgan fingerprint density at radius 1 is 1.29 bits per heavy atom. The minimum atomic E-state index is 0.630. The highest BCUT2D eigenvalue weighted by Crippen LogP contribution is 2.28. The number of likely N-dealkylation sites (N-methyl/N-ethyl adjacent to an activating group) is 1. The van der Waals surface area contributed by atoms with Gasteiger partial charge in [0, 0.05) is 17.6 Å². The average molecular weight is 257 g/mol. The second-order valence-corrected chi connectivity index (χ2v) is 4.42. The van der Waals surface area contributed by atoms with E-state index in [0.717, 1.165) is 25.2 Å². The summed E-state index contributed by atoms with van der Waals surface area (Å²) in [5.41, 5.74) is 7.49. The molecular formula is C13H21ClN2O. The third kappa shape index (κ3) is 4.10. The monoisotopic (exact) mass is 256 g/mol. The van der Waals surface area contributed by atoms with Crippen LogP contribution in [0.4, 0.5) is 5.69 Å². The smallest absolute Gasteiger partial charge is 0.143 e. The Kier molecular flexibility index (Phi) is 5.59. The van der Waals surface area contributed by atoms with E-state index < -0.39 is 0 Å². The molecule has 1 aromatic rings. The van der Waals surface area contributed by atoms with Crippen LogP contribution in [-0.2, 0) is 0 Å². The fraction of sp³-hybridized carbons (Fsp3) is 0.538. The number of rotatable bonds is 6. The Hall–Kier alpha value is -0.930. The van der Waals surface area contributed by atoms with Gasteiger partial charge in [-0.05, 0) is 31.6 Å². The lowest BCUT2D eigenvalue weighted by atomic mass is 10.2. The van der Waals surface area contributed by atoms with E-state index in [-0.39, 0.29) is 0 Å². The molecule has 0 spiro atoms. The van der Waals surface area contributed by atoms with Gasteiger partial charge in [-0.25, -0.2) is 0 Å². The first-order valence-corrected chi connectivity index (χ1v) is 6.37. The average Bonchev–Trinajstić information content (AvgIpc) is 2.31. The summed E-state index contributed by atoms with van der Waals surface area (Å²) in [7, 11) is 0. The number of aryl methyl sites for hydroxylation is 1. The highest BCUT2D eigenvalue weighted by atomic mass is 35.5. The summed E-state index contributed by atoms with van der Waals surface area (Å²) in [4.78, 5) is 2.30. The molecule has 0 aromatic heterocycles. The van der Waals surface area contributed by atoms with E-state index in [1.54, 1.807) is 6.07 Å². The molecule has 1 aromatic carbocycles. The number of hydrogen-bond donors (Lipinski definition) is 1. The molecule has 0 aliphatic carbocycles. The van der Waals surface area contributed by atoms with Crippen molar-refractivity contribution in [3.63, 3.8) is 0 Å². The van der Waals surface area contributed by atoms with Crippen LogP contribution in [0.5, 0.6) is 5.75 Å². The molecule has 2 N–H and O–H groups in total. The molecule has 0 aliphatic heterocycles. The maximum atomic E-state index is 6.04. The molecule has 0 heterocycles. The van der Waals surface area contributed by atoms with Crippen LogP contribution in [0.15, 0.2) is 12.1 Å². The lowest BCUT2D eigenvalue weighted by molar-refractivity contribution is 0.223. The van der Waals surface area contributed by atoms with Gasteiger partial charge in [-0.1, -0.05) is 25.4 Å². The van der Waals surface area contributed by atoms with Crippen LogP contribution in [-0.4, -0.2) is 31.1 Å². The second-order valence-electron chi connectivity index (χ2n) is 4.01. The van der Waals surface area contributed by atoms with Crippen LogP contribution >= 0.6 is 11.6 Å². The highest BCUT2D eigenvalue weighted by molar-refractivity contribution is 6.31. The molecule has 0 amide bonds. The fourth-order valence-electron chi connectivity index (χ4n) is 1.64. The standard InChI is InChI=1S/C13H21ClN2O/c1-4-16(5-2)6-7-17-13-9-11(14)10(3)8-12(13)15/h8-9H,4-7,15H2,1-3H3. The minimum absolute atomic E-state index is 0.630. The first-order chi connectivity index (χ1) is 8.08. The summed E-state index contributed by atoms with van der Waals surface area (Å²) in [5.74, 6) is 0.674. The zero-order valence-corrected chi connectivity index (χ0v) is 11.5. The highest BCUT2D eigenvalue weighted by Gasteiger charge is 2.05. The molecule has 96 valence electrons. The van der Waals surface area contributed by atoms with Crippen LogP contribution in [0.2, 0.25) is 5.02 Å². The number of anilines is 1. The molecule has 0 saturated carbocycles. The van der Waals surface area contributed by atoms with Crippen molar-refractivity contribution in [2.45, 2.75) is 20.8 Å². The quantitative estimate of drug-likeness (QED) is 0.796. The summed E-state index contributed by atoms with van der Waals surface area (Å²) in [6.07, 6.45) is 0. The van der Waals surface area contributed by atoms with Crippen LogP contribution < -0.4 is 10.5 Å². The molecule has 0 radical (unpaired) electrons. The van der Waals surface area contributed by atoms with Gasteiger partial charge in [0.15, 0.2) is 0 Å². The maximum Gasteiger partial charge on any atom is 0.143 e. The van der Waals surface area contributed by atoms with E-state index in [1.807, 2.05) is 13.0 Å². The number of nitrogen functional groups attached to an aromatic ring is 1. The largest absolute Gasteiger partial charge is 0.490 e. The van der Waals surface area contributed by atoms with E-state index in [0.29, 0.717) is 23.1 Å². The summed E-state index contributed by atoms with van der Waals surface area (Å²) >= 11 is 6.04. The maximum absolute atomic E-state index is 6.04. The van der Waals surface area contributed by atoms with Gasteiger partial charge in [-0.2, -0.15) is 0 Å². The molecule has 0 saturated heterocycles. The summed E-state index contributed by atoms with van der Waals surface area (Å²) < 4.78 is 5.66. The lowest BCUT2D eigenvalue weighted by Crippen LogP contribution is -2.28. The predicted molar refractivity (Wildman–Crippen MR) is 73.9 cm³/mol. The number of halogens is 1. The first-order valence-electron chi connectivity index (χ1n) is 5.99. The summed E-state index contributed by atoms with van der Waals surface area (Å²) in [5, 5.41) is 0.692. The molecule has 0 unspecified atom stereocenters. The molecule has 1 rings (SSSR count). The van der Waals surface area contributed by atoms with E-state index >= 15 is 0 Å². The molecule has 3 nitrogen and oxygen atoms in total. The van der Waals surface area contributed by atoms with Gasteiger partial charge >= 0.3 is 0 Å². The van der Waals surface area contributed by atoms with E-state index in [9.17, 15) is 0 Å². The lowest BCUT2D eigenvalue weighted by Gasteiger charge is -2.18. The number of benzene rings is 1. The summed E-state index contributed by atoms with van der Waals surface area (Å²) in [6, 6.07) is 3.63. The number of nitrogens with two attached hydrogens (primary N) is 1. The first kappa shape index (κ1) is 14.1. The van der Waals surface area contributed by atoms with Gasteiger partial charge in [0.1, 0.15) is 12.4 Å². The Morgan fingerprint density at radius 2 is 1.94 bits per heavy atom. The van der Waals surface area contributed by atoms with Crippen molar-refractivity contribution in [1.29, 1.82) is 0 Å². The number of hydrogen-bond acceptors (Lipinski definition) is 3. The van der Waals surface area contributed by atoms with Crippen molar-refractivity contribution in [3.05, 3.63) is 22.7 Å². The predicted octanol–water partition coefficient (Wildman–Crippen LogP) is 2.95. The molecule has 0 aliphatic rings. The van der Waals surface area contributed by atoms with Crippen LogP contribution in [0.1, 0.15) is 19.4 Å².